The van der Waals surface area contributed by atoms with Crippen LogP contribution in [0.15, 0.2) is 26.2 Å². The molecule has 3 heterocycles. The van der Waals surface area contributed by atoms with Crippen molar-refractivity contribution in [1.29, 1.82) is 0 Å². The lowest BCUT2D eigenvalue weighted by atomic mass is 10.4. The molecule has 0 aromatic carbocycles. The van der Waals surface area contributed by atoms with Gasteiger partial charge < -0.3 is 13.6 Å². The molecule has 3 rings (SSSR count). The average Bonchev–Trinajstić information content (AvgIpc) is 3.24. The van der Waals surface area contributed by atoms with Crippen LogP contribution in [0.1, 0.15) is 27.0 Å². The van der Waals surface area contributed by atoms with Crippen LogP contribution in [0.3, 0.4) is 0 Å². The molecular formula is C14H13N3O4S2. The summed E-state index contributed by atoms with van der Waals surface area (Å²) in [4.78, 5) is 16.6. The molecule has 0 aliphatic heterocycles. The zero-order valence-corrected chi connectivity index (χ0v) is 14.3. The van der Waals surface area contributed by atoms with Crippen LogP contribution in [0.2, 0.25) is 0 Å². The number of hydrogen-bond acceptors (Lipinski definition) is 9. The third-order valence-corrected chi connectivity index (χ3v) is 4.79. The van der Waals surface area contributed by atoms with E-state index in [9.17, 15) is 4.79 Å². The van der Waals surface area contributed by atoms with Crippen LogP contribution in [0.5, 0.6) is 0 Å². The van der Waals surface area contributed by atoms with Gasteiger partial charge in [0, 0.05) is 0 Å². The quantitative estimate of drug-likeness (QED) is 0.509. The number of thioether (sulfide) groups is 1. The minimum absolute atomic E-state index is 0.171. The zero-order chi connectivity index (χ0) is 16.4. The van der Waals surface area contributed by atoms with E-state index in [4.69, 9.17) is 8.83 Å². The second-order valence-corrected chi connectivity index (χ2v) is 6.70. The molecule has 0 N–H and O–H groups in total. The number of esters is 1. The molecule has 0 unspecified atom stereocenters. The van der Waals surface area contributed by atoms with Gasteiger partial charge in [-0.05, 0) is 26.0 Å². The lowest BCUT2D eigenvalue weighted by Crippen LogP contribution is -1.98. The Hall–Kier alpha value is -2.13. The first kappa shape index (κ1) is 15.8. The summed E-state index contributed by atoms with van der Waals surface area (Å²) >= 11 is 2.85. The summed E-state index contributed by atoms with van der Waals surface area (Å²) in [6.45, 7) is 3.84. The summed E-state index contributed by atoms with van der Waals surface area (Å²) in [6.07, 6.45) is 0. The molecule has 0 radical (unpaired) electrons. The van der Waals surface area contributed by atoms with Crippen molar-refractivity contribution in [1.82, 2.24) is 15.2 Å². The summed E-state index contributed by atoms with van der Waals surface area (Å²) in [5.74, 6) is 1.23. The first-order valence-corrected chi connectivity index (χ1v) is 8.44. The summed E-state index contributed by atoms with van der Waals surface area (Å²) in [7, 11) is 1.31. The molecule has 0 spiro atoms. The number of carbonyl (C=O) groups is 1. The molecule has 3 aromatic heterocycles. The lowest BCUT2D eigenvalue weighted by Gasteiger charge is -1.94. The smallest absolute Gasteiger partial charge is 0.373 e. The topological polar surface area (TPSA) is 91.2 Å². The van der Waals surface area contributed by atoms with Gasteiger partial charge in [-0.15, -0.1) is 21.5 Å². The molecule has 0 fully saturated rings. The normalized spacial score (nSPS) is 10.9. The molecule has 0 amide bonds. The monoisotopic (exact) mass is 351 g/mol. The van der Waals surface area contributed by atoms with Crippen molar-refractivity contribution >= 4 is 29.1 Å². The molecule has 7 nitrogen and oxygen atoms in total. The Balaban J connectivity index is 1.67. The van der Waals surface area contributed by atoms with Crippen molar-refractivity contribution in [3.8, 4) is 10.8 Å². The highest BCUT2D eigenvalue weighted by Gasteiger charge is 2.16. The van der Waals surface area contributed by atoms with E-state index in [-0.39, 0.29) is 5.76 Å². The summed E-state index contributed by atoms with van der Waals surface area (Å²) in [5.41, 5.74) is 0.876. The minimum atomic E-state index is -0.502. The number of ether oxygens (including phenoxy) is 1. The zero-order valence-electron chi connectivity index (χ0n) is 12.7. The molecule has 9 heteroatoms. The van der Waals surface area contributed by atoms with E-state index in [1.807, 2.05) is 13.8 Å². The molecule has 120 valence electrons. The highest BCUT2D eigenvalue weighted by molar-refractivity contribution is 7.98. The van der Waals surface area contributed by atoms with E-state index in [0.29, 0.717) is 22.6 Å². The molecule has 0 saturated carbocycles. The second-order valence-electron chi connectivity index (χ2n) is 4.57. The lowest BCUT2D eigenvalue weighted by molar-refractivity contribution is 0.0563. The van der Waals surface area contributed by atoms with Crippen LogP contribution >= 0.6 is 23.1 Å². The number of furan rings is 1. The van der Waals surface area contributed by atoms with Gasteiger partial charge in [-0.25, -0.2) is 9.78 Å². The van der Waals surface area contributed by atoms with Crippen molar-refractivity contribution in [3.05, 3.63) is 34.4 Å². The highest BCUT2D eigenvalue weighted by Crippen LogP contribution is 2.31. The predicted octanol–water partition coefficient (Wildman–Crippen LogP) is 3.48. The SMILES string of the molecule is COC(=O)c1ccc(CSc2nnc(-c3sc(C)nc3C)o2)o1. The first-order chi connectivity index (χ1) is 11.1. The number of methoxy groups -OCH3 is 1. The van der Waals surface area contributed by atoms with Crippen LogP contribution in [0.25, 0.3) is 10.8 Å². The molecular weight excluding hydrogens is 338 g/mol. The number of rotatable bonds is 5. The van der Waals surface area contributed by atoms with Crippen LogP contribution in [-0.4, -0.2) is 28.3 Å². The minimum Gasteiger partial charge on any atom is -0.463 e. The Kier molecular flexibility index (Phi) is 4.49. The Labute approximate surface area is 140 Å². The Bertz CT molecular complexity index is 837. The highest BCUT2D eigenvalue weighted by atomic mass is 32.2. The second kappa shape index (κ2) is 6.55. The van der Waals surface area contributed by atoms with Crippen LogP contribution in [0, 0.1) is 13.8 Å². The van der Waals surface area contributed by atoms with Crippen molar-refractivity contribution in [2.45, 2.75) is 24.8 Å². The van der Waals surface area contributed by atoms with Gasteiger partial charge in [-0.1, -0.05) is 11.8 Å². The summed E-state index contributed by atoms with van der Waals surface area (Å²) in [5, 5.41) is 9.44. The fourth-order valence-corrected chi connectivity index (χ4v) is 3.39. The van der Waals surface area contributed by atoms with Gasteiger partial charge in [0.15, 0.2) is 0 Å². The van der Waals surface area contributed by atoms with Crippen LogP contribution < -0.4 is 0 Å². The molecule has 0 aliphatic rings. The number of aromatic nitrogens is 3. The summed E-state index contributed by atoms with van der Waals surface area (Å²) in [6, 6.07) is 3.29. The Morgan fingerprint density at radius 1 is 1.30 bits per heavy atom. The van der Waals surface area contributed by atoms with Crippen LogP contribution in [-0.2, 0) is 10.5 Å². The summed E-state index contributed by atoms with van der Waals surface area (Å²) < 4.78 is 15.6. The van der Waals surface area contributed by atoms with Gasteiger partial charge in [-0.2, -0.15) is 0 Å². The fourth-order valence-electron chi connectivity index (χ4n) is 1.89. The van der Waals surface area contributed by atoms with Gasteiger partial charge in [0.25, 0.3) is 11.1 Å². The largest absolute Gasteiger partial charge is 0.463 e. The predicted molar refractivity (Wildman–Crippen MR) is 84.5 cm³/mol. The van der Waals surface area contributed by atoms with Crippen molar-refractivity contribution < 1.29 is 18.4 Å². The van der Waals surface area contributed by atoms with Crippen molar-refractivity contribution in [3.63, 3.8) is 0 Å². The molecule has 0 atom stereocenters. The van der Waals surface area contributed by atoms with Crippen molar-refractivity contribution in [2.24, 2.45) is 0 Å². The number of hydrogen-bond donors (Lipinski definition) is 0. The average molecular weight is 351 g/mol. The van der Waals surface area contributed by atoms with Gasteiger partial charge in [0.05, 0.1) is 23.6 Å². The molecule has 0 saturated heterocycles. The number of carbonyl (C=O) groups excluding carboxylic acids is 1. The molecule has 3 aromatic rings. The van der Waals surface area contributed by atoms with Gasteiger partial charge in [-0.3, -0.25) is 0 Å². The molecule has 23 heavy (non-hydrogen) atoms. The van der Waals surface area contributed by atoms with E-state index in [2.05, 4.69) is 19.9 Å². The Morgan fingerprint density at radius 3 is 2.83 bits per heavy atom. The van der Waals surface area contributed by atoms with Crippen LogP contribution in [0.4, 0.5) is 0 Å². The van der Waals surface area contributed by atoms with Gasteiger partial charge in [0.2, 0.25) is 5.76 Å². The third-order valence-electron chi connectivity index (χ3n) is 2.89. The maximum Gasteiger partial charge on any atom is 0.373 e. The number of aryl methyl sites for hydroxylation is 2. The van der Waals surface area contributed by atoms with E-state index in [1.54, 1.807) is 12.1 Å². The van der Waals surface area contributed by atoms with Gasteiger partial charge >= 0.3 is 5.97 Å². The number of nitrogens with zero attached hydrogens (tertiary/aromatic N) is 3. The first-order valence-electron chi connectivity index (χ1n) is 6.64. The standard InChI is InChI=1S/C14H13N3O4S2/c1-7-11(23-8(2)15-7)12-16-17-14(21-12)22-6-9-4-5-10(20-9)13(18)19-3/h4-5H,6H2,1-3H3. The maximum atomic E-state index is 11.3. The van der Waals surface area contributed by atoms with E-state index in [1.165, 1.54) is 30.2 Å². The van der Waals surface area contributed by atoms with Gasteiger partial charge in [0.1, 0.15) is 10.6 Å². The van der Waals surface area contributed by atoms with E-state index >= 15 is 0 Å². The van der Waals surface area contributed by atoms with E-state index < -0.39 is 5.97 Å². The van der Waals surface area contributed by atoms with Crippen molar-refractivity contribution in [2.75, 3.05) is 7.11 Å². The maximum absolute atomic E-state index is 11.3. The fraction of sp³-hybridized carbons (Fsp3) is 0.286. The molecule has 0 aliphatic carbocycles. The number of thiazole rings is 1. The molecule has 0 bridgehead atoms. The Morgan fingerprint density at radius 2 is 2.13 bits per heavy atom. The third kappa shape index (κ3) is 3.45. The van der Waals surface area contributed by atoms with E-state index in [0.717, 1.165) is 15.6 Å².